The smallest absolute Gasteiger partial charge is 0.343 e. The van der Waals surface area contributed by atoms with Crippen molar-refractivity contribution in [1.29, 1.82) is 0 Å². The van der Waals surface area contributed by atoms with E-state index in [1.165, 1.54) is 31.9 Å². The van der Waals surface area contributed by atoms with Crippen molar-refractivity contribution in [3.63, 3.8) is 0 Å². The fourth-order valence-electron chi connectivity index (χ4n) is 2.58. The Kier molecular flexibility index (Phi) is 4.42. The maximum Gasteiger partial charge on any atom is 0.343 e. The number of hydrogen-bond acceptors (Lipinski definition) is 4. The molecule has 4 heteroatoms. The molecule has 0 aromatic heterocycles. The highest BCUT2D eigenvalue weighted by Gasteiger charge is 2.19. The van der Waals surface area contributed by atoms with Gasteiger partial charge in [-0.1, -0.05) is 18.6 Å². The molecule has 1 fully saturated rings. The first-order valence-corrected chi connectivity index (χ1v) is 7.68. The maximum absolute atomic E-state index is 12.1. The highest BCUT2D eigenvalue weighted by molar-refractivity contribution is 5.92. The standard InChI is InChI=1S/C19H18O4/c1-22-18(20)15-9-11-17(12-10-15)23-19(21)16-7-5-14(6-8-16)13-3-2-4-13/h5-13H,2-4H2,1H3. The van der Waals surface area contributed by atoms with Crippen LogP contribution in [0, 0.1) is 0 Å². The van der Waals surface area contributed by atoms with Gasteiger partial charge in [0.25, 0.3) is 0 Å². The lowest BCUT2D eigenvalue weighted by molar-refractivity contribution is 0.0600. The molecule has 0 bridgehead atoms. The van der Waals surface area contributed by atoms with Gasteiger partial charge in [-0.2, -0.15) is 0 Å². The topological polar surface area (TPSA) is 52.6 Å². The third kappa shape index (κ3) is 3.42. The number of esters is 2. The molecular weight excluding hydrogens is 292 g/mol. The van der Waals surface area contributed by atoms with Crippen LogP contribution < -0.4 is 4.74 Å². The maximum atomic E-state index is 12.1. The van der Waals surface area contributed by atoms with E-state index in [1.807, 2.05) is 12.1 Å². The average molecular weight is 310 g/mol. The zero-order valence-electron chi connectivity index (χ0n) is 13.0. The van der Waals surface area contributed by atoms with Gasteiger partial charge in [-0.3, -0.25) is 0 Å². The summed E-state index contributed by atoms with van der Waals surface area (Å²) in [5.74, 6) is 0.210. The average Bonchev–Trinajstić information content (AvgIpc) is 2.54. The number of carbonyl (C=O) groups is 2. The summed E-state index contributed by atoms with van der Waals surface area (Å²) < 4.78 is 9.94. The van der Waals surface area contributed by atoms with E-state index in [0.717, 1.165) is 0 Å². The van der Waals surface area contributed by atoms with Gasteiger partial charge in [0.15, 0.2) is 0 Å². The first-order chi connectivity index (χ1) is 11.2. The molecule has 2 aromatic rings. The monoisotopic (exact) mass is 310 g/mol. The number of hydrogen-bond donors (Lipinski definition) is 0. The highest BCUT2D eigenvalue weighted by Crippen LogP contribution is 2.36. The van der Waals surface area contributed by atoms with Gasteiger partial charge in [0.2, 0.25) is 0 Å². The van der Waals surface area contributed by atoms with Crippen molar-refractivity contribution >= 4 is 11.9 Å². The summed E-state index contributed by atoms with van der Waals surface area (Å²) in [5, 5.41) is 0. The van der Waals surface area contributed by atoms with Crippen LogP contribution in [0.2, 0.25) is 0 Å². The minimum Gasteiger partial charge on any atom is -0.465 e. The lowest BCUT2D eigenvalue weighted by Crippen LogP contribution is -2.11. The molecule has 0 heterocycles. The van der Waals surface area contributed by atoms with E-state index in [9.17, 15) is 9.59 Å². The van der Waals surface area contributed by atoms with E-state index in [4.69, 9.17) is 4.74 Å². The van der Waals surface area contributed by atoms with Crippen molar-refractivity contribution in [3.8, 4) is 5.75 Å². The molecule has 4 nitrogen and oxygen atoms in total. The van der Waals surface area contributed by atoms with Crippen molar-refractivity contribution in [2.75, 3.05) is 7.11 Å². The van der Waals surface area contributed by atoms with Gasteiger partial charge in [-0.25, -0.2) is 9.59 Å². The minimum atomic E-state index is -0.422. The van der Waals surface area contributed by atoms with Crippen LogP contribution in [0.4, 0.5) is 0 Å². The van der Waals surface area contributed by atoms with Gasteiger partial charge in [-0.05, 0) is 60.7 Å². The van der Waals surface area contributed by atoms with Gasteiger partial charge in [0.05, 0.1) is 18.2 Å². The van der Waals surface area contributed by atoms with Gasteiger partial charge in [0.1, 0.15) is 5.75 Å². The van der Waals surface area contributed by atoms with E-state index < -0.39 is 11.9 Å². The van der Waals surface area contributed by atoms with Crippen LogP contribution in [0.5, 0.6) is 5.75 Å². The molecule has 1 saturated carbocycles. The highest BCUT2D eigenvalue weighted by atomic mass is 16.5. The first kappa shape index (κ1) is 15.3. The van der Waals surface area contributed by atoms with Crippen LogP contribution in [-0.2, 0) is 4.74 Å². The number of benzene rings is 2. The van der Waals surface area contributed by atoms with Crippen LogP contribution in [0.25, 0.3) is 0 Å². The molecule has 0 spiro atoms. The van der Waals surface area contributed by atoms with E-state index >= 15 is 0 Å². The van der Waals surface area contributed by atoms with Crippen molar-refractivity contribution in [1.82, 2.24) is 0 Å². The molecular formula is C19H18O4. The Bertz CT molecular complexity index is 697. The predicted molar refractivity (Wildman–Crippen MR) is 85.8 cm³/mol. The molecule has 0 amide bonds. The summed E-state index contributed by atoms with van der Waals surface area (Å²) in [5.41, 5.74) is 2.22. The molecule has 0 radical (unpaired) electrons. The van der Waals surface area contributed by atoms with Crippen LogP contribution in [-0.4, -0.2) is 19.0 Å². The van der Waals surface area contributed by atoms with Gasteiger partial charge >= 0.3 is 11.9 Å². The van der Waals surface area contributed by atoms with Crippen molar-refractivity contribution in [3.05, 3.63) is 65.2 Å². The van der Waals surface area contributed by atoms with Crippen LogP contribution >= 0.6 is 0 Å². The Morgan fingerprint density at radius 3 is 1.96 bits per heavy atom. The summed E-state index contributed by atoms with van der Waals surface area (Å²) in [4.78, 5) is 23.5. The Balaban J connectivity index is 1.65. The fraction of sp³-hybridized carbons (Fsp3) is 0.263. The van der Waals surface area contributed by atoms with Crippen molar-refractivity contribution < 1.29 is 19.1 Å². The Morgan fingerprint density at radius 1 is 0.870 bits per heavy atom. The van der Waals surface area contributed by atoms with E-state index in [-0.39, 0.29) is 0 Å². The van der Waals surface area contributed by atoms with Gasteiger partial charge in [-0.15, -0.1) is 0 Å². The molecule has 0 N–H and O–H groups in total. The molecule has 23 heavy (non-hydrogen) atoms. The number of carbonyl (C=O) groups excluding carboxylic acids is 2. The lowest BCUT2D eigenvalue weighted by atomic mass is 9.80. The molecule has 0 unspecified atom stereocenters. The number of ether oxygens (including phenoxy) is 2. The second-order valence-electron chi connectivity index (χ2n) is 5.66. The van der Waals surface area contributed by atoms with Crippen LogP contribution in [0.1, 0.15) is 51.5 Å². The zero-order chi connectivity index (χ0) is 16.2. The summed E-state index contributed by atoms with van der Waals surface area (Å²) in [6.07, 6.45) is 3.75. The van der Waals surface area contributed by atoms with E-state index in [0.29, 0.717) is 22.8 Å². The second-order valence-corrected chi connectivity index (χ2v) is 5.66. The molecule has 0 saturated heterocycles. The molecule has 1 aliphatic rings. The Hall–Kier alpha value is -2.62. The van der Waals surface area contributed by atoms with Crippen molar-refractivity contribution in [2.45, 2.75) is 25.2 Å². The summed E-state index contributed by atoms with van der Waals surface area (Å²) in [7, 11) is 1.32. The third-order valence-electron chi connectivity index (χ3n) is 4.21. The van der Waals surface area contributed by atoms with E-state index in [1.54, 1.807) is 36.4 Å². The van der Waals surface area contributed by atoms with Crippen LogP contribution in [0.3, 0.4) is 0 Å². The predicted octanol–water partition coefficient (Wildman–Crippen LogP) is 3.96. The zero-order valence-corrected chi connectivity index (χ0v) is 13.0. The fourth-order valence-corrected chi connectivity index (χ4v) is 2.58. The number of methoxy groups -OCH3 is 1. The van der Waals surface area contributed by atoms with Gasteiger partial charge < -0.3 is 9.47 Å². The molecule has 1 aliphatic carbocycles. The van der Waals surface area contributed by atoms with Crippen molar-refractivity contribution in [2.24, 2.45) is 0 Å². The molecule has 0 aliphatic heterocycles. The molecule has 118 valence electrons. The Morgan fingerprint density at radius 2 is 1.43 bits per heavy atom. The second kappa shape index (κ2) is 6.65. The third-order valence-corrected chi connectivity index (χ3v) is 4.21. The van der Waals surface area contributed by atoms with Crippen LogP contribution in [0.15, 0.2) is 48.5 Å². The van der Waals surface area contributed by atoms with E-state index in [2.05, 4.69) is 4.74 Å². The minimum absolute atomic E-state index is 0.394. The Labute approximate surface area is 135 Å². The normalized spacial score (nSPS) is 14.0. The molecule has 3 rings (SSSR count). The summed E-state index contributed by atoms with van der Waals surface area (Å²) in [6.45, 7) is 0. The molecule has 2 aromatic carbocycles. The SMILES string of the molecule is COC(=O)c1ccc(OC(=O)c2ccc(C3CCC3)cc2)cc1. The first-order valence-electron chi connectivity index (χ1n) is 7.68. The van der Waals surface area contributed by atoms with Gasteiger partial charge in [0, 0.05) is 0 Å². The molecule has 0 atom stereocenters. The lowest BCUT2D eigenvalue weighted by Gasteiger charge is -2.25. The number of rotatable bonds is 4. The summed E-state index contributed by atoms with van der Waals surface area (Å²) >= 11 is 0. The largest absolute Gasteiger partial charge is 0.465 e. The quantitative estimate of drug-likeness (QED) is 0.633. The summed E-state index contributed by atoms with van der Waals surface area (Å²) in [6, 6.07) is 13.9.